The molecule has 6 heteroatoms. The maximum atomic E-state index is 12.6. The van der Waals surface area contributed by atoms with Crippen molar-refractivity contribution in [3.05, 3.63) is 23.7 Å². The predicted molar refractivity (Wildman–Crippen MR) is 87.2 cm³/mol. The molecule has 1 amide bonds. The summed E-state index contributed by atoms with van der Waals surface area (Å²) < 4.78 is 11.4. The standard InChI is InChI=1S/C17H27N3O3/c1-11-4-5-16(23-11)14-8-19(9-15(14)18)10-17(21)20-6-12(2)22-13(3)7-20/h4-5,12-15H,6-10,18H2,1-3H3. The van der Waals surface area contributed by atoms with Crippen LogP contribution in [0, 0.1) is 6.92 Å². The summed E-state index contributed by atoms with van der Waals surface area (Å²) in [6.45, 7) is 9.22. The van der Waals surface area contributed by atoms with Gasteiger partial charge in [0, 0.05) is 38.1 Å². The zero-order chi connectivity index (χ0) is 16.6. The Labute approximate surface area is 137 Å². The summed E-state index contributed by atoms with van der Waals surface area (Å²) in [7, 11) is 0. The average molecular weight is 321 g/mol. The zero-order valence-electron chi connectivity index (χ0n) is 14.2. The maximum Gasteiger partial charge on any atom is 0.236 e. The van der Waals surface area contributed by atoms with Crippen molar-refractivity contribution in [2.75, 3.05) is 32.7 Å². The van der Waals surface area contributed by atoms with Crippen LogP contribution in [-0.2, 0) is 9.53 Å². The van der Waals surface area contributed by atoms with Gasteiger partial charge < -0.3 is 19.8 Å². The van der Waals surface area contributed by atoms with Crippen molar-refractivity contribution < 1.29 is 13.9 Å². The van der Waals surface area contributed by atoms with E-state index in [-0.39, 0.29) is 30.1 Å². The molecule has 2 aliphatic heterocycles. The van der Waals surface area contributed by atoms with Crippen LogP contribution in [0.1, 0.15) is 31.3 Å². The van der Waals surface area contributed by atoms with Crippen LogP contribution in [0.2, 0.25) is 0 Å². The summed E-state index contributed by atoms with van der Waals surface area (Å²) in [5, 5.41) is 0. The fourth-order valence-corrected chi connectivity index (χ4v) is 3.67. The molecular weight excluding hydrogens is 294 g/mol. The van der Waals surface area contributed by atoms with Gasteiger partial charge in [0.2, 0.25) is 5.91 Å². The summed E-state index contributed by atoms with van der Waals surface area (Å²) in [6, 6.07) is 3.97. The third-order valence-corrected chi connectivity index (χ3v) is 4.70. The highest BCUT2D eigenvalue weighted by molar-refractivity contribution is 5.78. The molecule has 2 saturated heterocycles. The average Bonchev–Trinajstić information content (AvgIpc) is 3.03. The van der Waals surface area contributed by atoms with E-state index in [9.17, 15) is 4.79 Å². The highest BCUT2D eigenvalue weighted by atomic mass is 16.5. The van der Waals surface area contributed by atoms with E-state index >= 15 is 0 Å². The first-order valence-electron chi connectivity index (χ1n) is 8.40. The number of nitrogens with two attached hydrogens (primary N) is 1. The highest BCUT2D eigenvalue weighted by Crippen LogP contribution is 2.28. The largest absolute Gasteiger partial charge is 0.466 e. The quantitative estimate of drug-likeness (QED) is 0.897. The van der Waals surface area contributed by atoms with E-state index in [2.05, 4.69) is 4.90 Å². The molecule has 3 heterocycles. The molecule has 23 heavy (non-hydrogen) atoms. The molecule has 4 unspecified atom stereocenters. The Kier molecular flexibility index (Phi) is 4.75. The third-order valence-electron chi connectivity index (χ3n) is 4.70. The normalized spacial score (nSPS) is 32.4. The number of morpholine rings is 1. The van der Waals surface area contributed by atoms with Crippen molar-refractivity contribution in [2.24, 2.45) is 5.73 Å². The van der Waals surface area contributed by atoms with Gasteiger partial charge in [-0.05, 0) is 32.9 Å². The van der Waals surface area contributed by atoms with Gasteiger partial charge in [0.1, 0.15) is 11.5 Å². The summed E-state index contributed by atoms with van der Waals surface area (Å²) in [6.07, 6.45) is 0.199. The number of ether oxygens (including phenoxy) is 1. The number of furan rings is 1. The number of amides is 1. The van der Waals surface area contributed by atoms with E-state index in [0.717, 1.165) is 24.6 Å². The molecule has 6 nitrogen and oxygen atoms in total. The minimum atomic E-state index is 0.0101. The molecule has 0 aliphatic carbocycles. The summed E-state index contributed by atoms with van der Waals surface area (Å²) >= 11 is 0. The Morgan fingerprint density at radius 3 is 2.52 bits per heavy atom. The number of hydrogen-bond donors (Lipinski definition) is 1. The van der Waals surface area contributed by atoms with Crippen LogP contribution in [0.5, 0.6) is 0 Å². The first-order valence-corrected chi connectivity index (χ1v) is 8.40. The lowest BCUT2D eigenvalue weighted by Gasteiger charge is -2.36. The van der Waals surface area contributed by atoms with Gasteiger partial charge in [-0.1, -0.05) is 0 Å². The smallest absolute Gasteiger partial charge is 0.236 e. The molecule has 1 aromatic heterocycles. The van der Waals surface area contributed by atoms with Crippen molar-refractivity contribution in [3.63, 3.8) is 0 Å². The number of hydrogen-bond acceptors (Lipinski definition) is 5. The van der Waals surface area contributed by atoms with Gasteiger partial charge in [-0.25, -0.2) is 0 Å². The molecule has 0 spiro atoms. The van der Waals surface area contributed by atoms with Gasteiger partial charge in [0.25, 0.3) is 0 Å². The van der Waals surface area contributed by atoms with Crippen LogP contribution >= 0.6 is 0 Å². The molecule has 0 bridgehead atoms. The lowest BCUT2D eigenvalue weighted by atomic mass is 10.0. The fraction of sp³-hybridized carbons (Fsp3) is 0.706. The molecule has 2 aliphatic rings. The van der Waals surface area contributed by atoms with E-state index < -0.39 is 0 Å². The highest BCUT2D eigenvalue weighted by Gasteiger charge is 2.35. The van der Waals surface area contributed by atoms with Crippen molar-refractivity contribution in [1.82, 2.24) is 9.80 Å². The van der Waals surface area contributed by atoms with Crippen molar-refractivity contribution in [2.45, 2.75) is 44.9 Å². The summed E-state index contributed by atoms with van der Waals surface area (Å²) in [5.74, 6) is 2.16. The number of likely N-dealkylation sites (tertiary alicyclic amines) is 1. The molecule has 3 rings (SSSR count). The topological polar surface area (TPSA) is 71.9 Å². The molecule has 0 radical (unpaired) electrons. The Morgan fingerprint density at radius 2 is 1.91 bits per heavy atom. The van der Waals surface area contributed by atoms with Gasteiger partial charge >= 0.3 is 0 Å². The van der Waals surface area contributed by atoms with Gasteiger partial charge in [-0.3, -0.25) is 9.69 Å². The molecule has 2 N–H and O–H groups in total. The van der Waals surface area contributed by atoms with Gasteiger partial charge in [-0.2, -0.15) is 0 Å². The second kappa shape index (κ2) is 6.63. The van der Waals surface area contributed by atoms with E-state index in [1.165, 1.54) is 0 Å². The molecule has 0 aromatic carbocycles. The van der Waals surface area contributed by atoms with Crippen molar-refractivity contribution in [3.8, 4) is 0 Å². The van der Waals surface area contributed by atoms with E-state index in [4.69, 9.17) is 14.9 Å². The van der Waals surface area contributed by atoms with Gasteiger partial charge in [-0.15, -0.1) is 0 Å². The Balaban J connectivity index is 1.57. The predicted octanol–water partition coefficient (Wildman–Crippen LogP) is 0.950. The Hall–Kier alpha value is -1.37. The summed E-state index contributed by atoms with van der Waals surface area (Å²) in [4.78, 5) is 16.6. The van der Waals surface area contributed by atoms with E-state index in [1.807, 2.05) is 37.8 Å². The number of aryl methyl sites for hydroxylation is 1. The number of rotatable bonds is 3. The second-order valence-electron chi connectivity index (χ2n) is 6.97. The molecule has 4 atom stereocenters. The third kappa shape index (κ3) is 3.76. The van der Waals surface area contributed by atoms with Crippen molar-refractivity contribution in [1.29, 1.82) is 0 Å². The van der Waals surface area contributed by atoms with Crippen LogP contribution in [0.25, 0.3) is 0 Å². The Morgan fingerprint density at radius 1 is 1.22 bits per heavy atom. The lowest BCUT2D eigenvalue weighted by Crippen LogP contribution is -2.51. The Bertz CT molecular complexity index is 549. The number of carbonyl (C=O) groups excluding carboxylic acids is 1. The lowest BCUT2D eigenvalue weighted by molar-refractivity contribution is -0.144. The summed E-state index contributed by atoms with van der Waals surface area (Å²) in [5.41, 5.74) is 6.26. The first-order chi connectivity index (χ1) is 10.9. The minimum absolute atomic E-state index is 0.0101. The second-order valence-corrected chi connectivity index (χ2v) is 6.97. The maximum absolute atomic E-state index is 12.6. The van der Waals surface area contributed by atoms with Gasteiger partial charge in [0.15, 0.2) is 0 Å². The van der Waals surface area contributed by atoms with Crippen LogP contribution in [-0.4, -0.2) is 66.7 Å². The first kappa shape index (κ1) is 16.5. The monoisotopic (exact) mass is 321 g/mol. The number of nitrogens with zero attached hydrogens (tertiary/aromatic N) is 2. The molecule has 128 valence electrons. The van der Waals surface area contributed by atoms with Crippen LogP contribution in [0.3, 0.4) is 0 Å². The van der Waals surface area contributed by atoms with E-state index in [1.54, 1.807) is 0 Å². The fourth-order valence-electron chi connectivity index (χ4n) is 3.67. The van der Waals surface area contributed by atoms with Crippen molar-refractivity contribution >= 4 is 5.91 Å². The van der Waals surface area contributed by atoms with Crippen LogP contribution in [0.4, 0.5) is 0 Å². The van der Waals surface area contributed by atoms with Crippen LogP contribution in [0.15, 0.2) is 16.5 Å². The molecule has 0 saturated carbocycles. The van der Waals surface area contributed by atoms with Gasteiger partial charge in [0.05, 0.1) is 18.8 Å². The van der Waals surface area contributed by atoms with Crippen LogP contribution < -0.4 is 5.73 Å². The minimum Gasteiger partial charge on any atom is -0.466 e. The molecular formula is C17H27N3O3. The number of carbonyl (C=O) groups is 1. The van der Waals surface area contributed by atoms with E-state index in [0.29, 0.717) is 19.6 Å². The molecule has 2 fully saturated rings. The molecule has 1 aromatic rings. The zero-order valence-corrected chi connectivity index (χ0v) is 14.2. The SMILES string of the molecule is Cc1ccc(C2CN(CC(=O)N3CC(C)OC(C)C3)CC2N)o1.